The Morgan fingerprint density at radius 2 is 1.85 bits per heavy atom. The molecule has 2 fully saturated rings. The number of nitrogens with zero attached hydrogens (tertiary/aromatic N) is 1. The van der Waals surface area contributed by atoms with Crippen LogP contribution in [0.5, 0.6) is 0 Å². The molecule has 0 aromatic heterocycles. The van der Waals surface area contributed by atoms with Crippen LogP contribution in [0, 0.1) is 17.3 Å². The van der Waals surface area contributed by atoms with Crippen molar-refractivity contribution in [1.29, 1.82) is 0 Å². The normalized spacial score (nSPS) is 27.4. The summed E-state index contributed by atoms with van der Waals surface area (Å²) >= 11 is 0. The summed E-state index contributed by atoms with van der Waals surface area (Å²) in [5.41, 5.74) is 5.79. The SMILES string of the molecule is CC(C)C1CCCN(C(=O)C2(CN)CCCCC2)CC1. The van der Waals surface area contributed by atoms with Crippen LogP contribution in [0.25, 0.3) is 0 Å². The summed E-state index contributed by atoms with van der Waals surface area (Å²) in [7, 11) is 0. The molecular weight excluding hydrogens is 248 g/mol. The molecule has 0 bridgehead atoms. The van der Waals surface area contributed by atoms with Crippen LogP contribution < -0.4 is 5.73 Å². The van der Waals surface area contributed by atoms with E-state index >= 15 is 0 Å². The molecule has 20 heavy (non-hydrogen) atoms. The van der Waals surface area contributed by atoms with Crippen LogP contribution in [0.2, 0.25) is 0 Å². The van der Waals surface area contributed by atoms with Gasteiger partial charge in [-0.1, -0.05) is 33.1 Å². The van der Waals surface area contributed by atoms with E-state index in [9.17, 15) is 4.79 Å². The van der Waals surface area contributed by atoms with Gasteiger partial charge < -0.3 is 10.6 Å². The molecule has 3 nitrogen and oxygen atoms in total. The van der Waals surface area contributed by atoms with Gasteiger partial charge in [-0.15, -0.1) is 0 Å². The van der Waals surface area contributed by atoms with Crippen LogP contribution in [-0.4, -0.2) is 30.4 Å². The maximum Gasteiger partial charge on any atom is 0.230 e. The molecule has 0 aromatic rings. The second kappa shape index (κ2) is 6.93. The van der Waals surface area contributed by atoms with Crippen LogP contribution in [0.4, 0.5) is 0 Å². The summed E-state index contributed by atoms with van der Waals surface area (Å²) in [6.45, 7) is 7.05. The highest BCUT2D eigenvalue weighted by Crippen LogP contribution is 2.38. The van der Waals surface area contributed by atoms with Crippen molar-refractivity contribution in [3.8, 4) is 0 Å². The van der Waals surface area contributed by atoms with Gasteiger partial charge in [-0.3, -0.25) is 4.79 Å². The Bertz CT molecular complexity index is 321. The molecule has 2 rings (SSSR count). The molecule has 1 saturated heterocycles. The van der Waals surface area contributed by atoms with Crippen molar-refractivity contribution in [2.45, 2.75) is 65.2 Å². The van der Waals surface area contributed by atoms with Crippen molar-refractivity contribution < 1.29 is 4.79 Å². The van der Waals surface area contributed by atoms with Crippen LogP contribution in [-0.2, 0) is 4.79 Å². The van der Waals surface area contributed by atoms with Gasteiger partial charge in [0.1, 0.15) is 0 Å². The summed E-state index contributed by atoms with van der Waals surface area (Å²) in [5.74, 6) is 1.89. The smallest absolute Gasteiger partial charge is 0.230 e. The highest BCUT2D eigenvalue weighted by molar-refractivity contribution is 5.83. The molecule has 0 spiro atoms. The summed E-state index contributed by atoms with van der Waals surface area (Å²) in [4.78, 5) is 15.1. The first-order valence-electron chi connectivity index (χ1n) is 8.58. The minimum absolute atomic E-state index is 0.226. The van der Waals surface area contributed by atoms with E-state index in [0.717, 1.165) is 44.2 Å². The first-order valence-corrected chi connectivity index (χ1v) is 8.58. The van der Waals surface area contributed by atoms with Crippen molar-refractivity contribution >= 4 is 5.91 Å². The van der Waals surface area contributed by atoms with Crippen LogP contribution in [0.1, 0.15) is 65.2 Å². The Balaban J connectivity index is 2.00. The van der Waals surface area contributed by atoms with Crippen molar-refractivity contribution in [2.24, 2.45) is 23.0 Å². The van der Waals surface area contributed by atoms with Crippen molar-refractivity contribution in [3.05, 3.63) is 0 Å². The van der Waals surface area contributed by atoms with Crippen LogP contribution in [0.3, 0.4) is 0 Å². The van der Waals surface area contributed by atoms with E-state index in [1.807, 2.05) is 0 Å². The Morgan fingerprint density at radius 1 is 1.15 bits per heavy atom. The number of rotatable bonds is 3. The molecule has 1 amide bonds. The van der Waals surface area contributed by atoms with Gasteiger partial charge in [-0.25, -0.2) is 0 Å². The van der Waals surface area contributed by atoms with Crippen molar-refractivity contribution in [1.82, 2.24) is 4.90 Å². The third-order valence-electron chi connectivity index (χ3n) is 5.66. The predicted molar refractivity (Wildman–Crippen MR) is 83.3 cm³/mol. The third kappa shape index (κ3) is 3.36. The quantitative estimate of drug-likeness (QED) is 0.863. The van der Waals surface area contributed by atoms with Gasteiger partial charge in [0.15, 0.2) is 0 Å². The zero-order valence-electron chi connectivity index (χ0n) is 13.4. The molecule has 2 aliphatic rings. The third-order valence-corrected chi connectivity index (χ3v) is 5.66. The summed E-state index contributed by atoms with van der Waals surface area (Å²) in [6.07, 6.45) is 9.23. The summed E-state index contributed by atoms with van der Waals surface area (Å²) < 4.78 is 0. The number of amides is 1. The number of carbonyl (C=O) groups is 1. The van der Waals surface area contributed by atoms with Gasteiger partial charge in [0.2, 0.25) is 5.91 Å². The van der Waals surface area contributed by atoms with Crippen molar-refractivity contribution in [2.75, 3.05) is 19.6 Å². The van der Waals surface area contributed by atoms with E-state index in [-0.39, 0.29) is 5.41 Å². The van der Waals surface area contributed by atoms with Gasteiger partial charge in [-0.05, 0) is 43.9 Å². The molecule has 2 N–H and O–H groups in total. The zero-order valence-corrected chi connectivity index (χ0v) is 13.4. The number of nitrogens with two attached hydrogens (primary N) is 1. The fraction of sp³-hybridized carbons (Fsp3) is 0.941. The maximum atomic E-state index is 13.0. The molecule has 1 aliphatic carbocycles. The lowest BCUT2D eigenvalue weighted by molar-refractivity contribution is -0.143. The van der Waals surface area contributed by atoms with Gasteiger partial charge in [0, 0.05) is 19.6 Å². The Kier molecular flexibility index (Phi) is 5.48. The van der Waals surface area contributed by atoms with E-state index in [4.69, 9.17) is 5.73 Å². The molecule has 1 aliphatic heterocycles. The molecule has 1 atom stereocenters. The van der Waals surface area contributed by atoms with E-state index < -0.39 is 0 Å². The Labute approximate surface area is 124 Å². The molecule has 1 unspecified atom stereocenters. The molecule has 3 heteroatoms. The van der Waals surface area contributed by atoms with E-state index in [0.29, 0.717) is 12.5 Å². The summed E-state index contributed by atoms with van der Waals surface area (Å²) in [5, 5.41) is 0. The largest absolute Gasteiger partial charge is 0.342 e. The molecule has 1 heterocycles. The molecule has 116 valence electrons. The zero-order chi connectivity index (χ0) is 14.6. The van der Waals surface area contributed by atoms with E-state index in [2.05, 4.69) is 18.7 Å². The predicted octanol–water partition coefficient (Wildman–Crippen LogP) is 3.18. The van der Waals surface area contributed by atoms with Crippen LogP contribution >= 0.6 is 0 Å². The minimum atomic E-state index is -0.226. The fourth-order valence-corrected chi connectivity index (χ4v) is 4.06. The van der Waals surface area contributed by atoms with Gasteiger partial charge in [0.05, 0.1) is 5.41 Å². The van der Waals surface area contributed by atoms with Gasteiger partial charge in [0.25, 0.3) is 0 Å². The molecule has 0 radical (unpaired) electrons. The molecule has 0 aromatic carbocycles. The number of likely N-dealkylation sites (tertiary alicyclic amines) is 1. The van der Waals surface area contributed by atoms with E-state index in [1.165, 1.54) is 32.1 Å². The molecule has 1 saturated carbocycles. The second-order valence-corrected chi connectivity index (χ2v) is 7.27. The highest BCUT2D eigenvalue weighted by atomic mass is 16.2. The standard InChI is InChI=1S/C17H32N2O/c1-14(2)15-7-6-11-19(12-8-15)16(20)17(13-18)9-4-3-5-10-17/h14-15H,3-13,18H2,1-2H3. The first-order chi connectivity index (χ1) is 9.59. The minimum Gasteiger partial charge on any atom is -0.342 e. The lowest BCUT2D eigenvalue weighted by Crippen LogP contribution is -2.49. The van der Waals surface area contributed by atoms with Gasteiger partial charge >= 0.3 is 0 Å². The average molecular weight is 280 g/mol. The lowest BCUT2D eigenvalue weighted by atomic mass is 9.73. The number of carbonyl (C=O) groups excluding carboxylic acids is 1. The second-order valence-electron chi connectivity index (χ2n) is 7.27. The Hall–Kier alpha value is -0.570. The first kappa shape index (κ1) is 15.8. The Morgan fingerprint density at radius 3 is 2.45 bits per heavy atom. The highest BCUT2D eigenvalue weighted by Gasteiger charge is 2.41. The topological polar surface area (TPSA) is 46.3 Å². The van der Waals surface area contributed by atoms with Gasteiger partial charge in [-0.2, -0.15) is 0 Å². The monoisotopic (exact) mass is 280 g/mol. The van der Waals surface area contributed by atoms with Crippen LogP contribution in [0.15, 0.2) is 0 Å². The lowest BCUT2D eigenvalue weighted by Gasteiger charge is -2.39. The van der Waals surface area contributed by atoms with Crippen molar-refractivity contribution in [3.63, 3.8) is 0 Å². The fourth-order valence-electron chi connectivity index (χ4n) is 4.06. The van der Waals surface area contributed by atoms with E-state index in [1.54, 1.807) is 0 Å². The maximum absolute atomic E-state index is 13.0. The molecular formula is C17H32N2O. The summed E-state index contributed by atoms with van der Waals surface area (Å²) in [6, 6.07) is 0. The number of hydrogen-bond donors (Lipinski definition) is 1. The number of hydrogen-bond acceptors (Lipinski definition) is 2. The average Bonchev–Trinajstić information content (AvgIpc) is 2.73.